The molecule has 58 valence electrons. The minimum atomic E-state index is 0.297. The molecule has 0 aliphatic heterocycles. The third kappa shape index (κ3) is 1.93. The highest BCUT2D eigenvalue weighted by Crippen LogP contribution is 2.16. The topological polar surface area (TPSA) is 40.5 Å². The Bertz CT molecular complexity index is 264. The van der Waals surface area contributed by atoms with E-state index in [1.54, 1.807) is 18.2 Å². The molecular formula is C7H6ClNO2. The maximum atomic E-state index is 10.0. The lowest BCUT2D eigenvalue weighted by molar-refractivity contribution is -0.111. The largest absolute Gasteiger partial charge is 0.281 e. The summed E-state index contributed by atoms with van der Waals surface area (Å²) in [4.78, 5) is 10.0. The monoisotopic (exact) mass is 171 g/mol. The molecule has 0 saturated carbocycles. The van der Waals surface area contributed by atoms with E-state index in [9.17, 15) is 4.79 Å². The van der Waals surface area contributed by atoms with Gasteiger partial charge in [0.05, 0.1) is 5.69 Å². The van der Waals surface area contributed by atoms with Crippen molar-refractivity contribution in [3.05, 3.63) is 29.3 Å². The van der Waals surface area contributed by atoms with Crippen molar-refractivity contribution >= 4 is 23.7 Å². The van der Waals surface area contributed by atoms with Gasteiger partial charge in [-0.2, -0.15) is 5.06 Å². The number of anilines is 1. The highest BCUT2D eigenvalue weighted by molar-refractivity contribution is 6.30. The molecule has 0 saturated heterocycles. The molecule has 0 radical (unpaired) electrons. The van der Waals surface area contributed by atoms with Crippen LogP contribution in [0, 0.1) is 0 Å². The summed E-state index contributed by atoms with van der Waals surface area (Å²) in [6.07, 6.45) is 0.297. The normalized spacial score (nSPS) is 9.27. The second-order valence-corrected chi connectivity index (χ2v) is 2.37. The third-order valence-corrected chi connectivity index (χ3v) is 1.41. The molecule has 0 unspecified atom stereocenters. The van der Waals surface area contributed by atoms with Crippen molar-refractivity contribution in [1.82, 2.24) is 0 Å². The van der Waals surface area contributed by atoms with E-state index in [1.165, 1.54) is 6.07 Å². The van der Waals surface area contributed by atoms with Crippen LogP contribution in [0.25, 0.3) is 0 Å². The summed E-state index contributed by atoms with van der Waals surface area (Å²) < 4.78 is 0. The molecule has 0 aliphatic rings. The first kappa shape index (κ1) is 8.04. The van der Waals surface area contributed by atoms with Gasteiger partial charge < -0.3 is 0 Å². The van der Waals surface area contributed by atoms with Gasteiger partial charge in [-0.1, -0.05) is 17.7 Å². The molecule has 0 bridgehead atoms. The van der Waals surface area contributed by atoms with Gasteiger partial charge in [-0.05, 0) is 18.2 Å². The molecule has 1 rings (SSSR count). The maximum Gasteiger partial charge on any atom is 0.237 e. The average Bonchev–Trinajstić information content (AvgIpc) is 2.03. The van der Waals surface area contributed by atoms with Crippen molar-refractivity contribution in [3.63, 3.8) is 0 Å². The van der Waals surface area contributed by atoms with Gasteiger partial charge in [0.2, 0.25) is 6.41 Å². The number of hydrogen-bond donors (Lipinski definition) is 1. The first-order chi connectivity index (χ1) is 5.24. The number of benzene rings is 1. The Morgan fingerprint density at radius 3 is 2.82 bits per heavy atom. The quantitative estimate of drug-likeness (QED) is 0.418. The molecule has 1 N–H and O–H groups in total. The van der Waals surface area contributed by atoms with Gasteiger partial charge >= 0.3 is 0 Å². The van der Waals surface area contributed by atoms with E-state index >= 15 is 0 Å². The predicted molar refractivity (Wildman–Crippen MR) is 41.8 cm³/mol. The number of carbonyl (C=O) groups is 1. The van der Waals surface area contributed by atoms with Crippen molar-refractivity contribution in [2.24, 2.45) is 0 Å². The second kappa shape index (κ2) is 3.37. The van der Waals surface area contributed by atoms with E-state index in [2.05, 4.69) is 0 Å². The van der Waals surface area contributed by atoms with Gasteiger partial charge in [0.1, 0.15) is 0 Å². The fourth-order valence-corrected chi connectivity index (χ4v) is 0.864. The van der Waals surface area contributed by atoms with Crippen LogP contribution < -0.4 is 5.06 Å². The summed E-state index contributed by atoms with van der Waals surface area (Å²) in [6.45, 7) is 0. The number of halogens is 1. The fraction of sp³-hybridized carbons (Fsp3) is 0. The fourth-order valence-electron chi connectivity index (χ4n) is 0.679. The number of rotatable bonds is 2. The summed E-state index contributed by atoms with van der Waals surface area (Å²) in [6, 6.07) is 6.35. The van der Waals surface area contributed by atoms with E-state index in [1.807, 2.05) is 0 Å². The van der Waals surface area contributed by atoms with Crippen molar-refractivity contribution in [2.75, 3.05) is 5.06 Å². The van der Waals surface area contributed by atoms with Crippen molar-refractivity contribution in [2.45, 2.75) is 0 Å². The molecule has 0 spiro atoms. The highest BCUT2D eigenvalue weighted by Gasteiger charge is 1.99. The zero-order valence-electron chi connectivity index (χ0n) is 5.57. The third-order valence-electron chi connectivity index (χ3n) is 1.17. The van der Waals surface area contributed by atoms with Crippen LogP contribution in [0.15, 0.2) is 24.3 Å². The lowest BCUT2D eigenvalue weighted by Crippen LogP contribution is -2.14. The highest BCUT2D eigenvalue weighted by atomic mass is 35.5. The number of amides is 1. The van der Waals surface area contributed by atoms with Crippen LogP contribution in [-0.4, -0.2) is 11.6 Å². The summed E-state index contributed by atoms with van der Waals surface area (Å²) in [7, 11) is 0. The van der Waals surface area contributed by atoms with Crippen molar-refractivity contribution in [1.29, 1.82) is 0 Å². The smallest absolute Gasteiger partial charge is 0.237 e. The van der Waals surface area contributed by atoms with Crippen molar-refractivity contribution in [3.8, 4) is 0 Å². The Hall–Kier alpha value is -1.06. The molecule has 0 fully saturated rings. The molecule has 0 atom stereocenters. The Morgan fingerprint density at radius 1 is 1.55 bits per heavy atom. The minimum absolute atomic E-state index is 0.297. The summed E-state index contributed by atoms with van der Waals surface area (Å²) in [5.74, 6) is 0. The van der Waals surface area contributed by atoms with Gasteiger partial charge in [-0.25, -0.2) is 0 Å². The molecule has 1 aromatic carbocycles. The first-order valence-corrected chi connectivity index (χ1v) is 3.31. The molecule has 4 heteroatoms. The van der Waals surface area contributed by atoms with Crippen LogP contribution >= 0.6 is 11.6 Å². The molecule has 11 heavy (non-hydrogen) atoms. The average molecular weight is 172 g/mol. The Labute approximate surface area is 68.8 Å². The van der Waals surface area contributed by atoms with Crippen LogP contribution in [0.3, 0.4) is 0 Å². The molecule has 0 aromatic heterocycles. The van der Waals surface area contributed by atoms with Gasteiger partial charge in [-0.3, -0.25) is 10.0 Å². The van der Waals surface area contributed by atoms with Crippen LogP contribution in [0.4, 0.5) is 5.69 Å². The predicted octanol–water partition coefficient (Wildman–Crippen LogP) is 1.69. The number of nitrogens with zero attached hydrogens (tertiary/aromatic N) is 1. The number of carbonyl (C=O) groups excluding carboxylic acids is 1. The van der Waals surface area contributed by atoms with Crippen LogP contribution in [0.5, 0.6) is 0 Å². The van der Waals surface area contributed by atoms with Gasteiger partial charge in [0.25, 0.3) is 0 Å². The zero-order valence-corrected chi connectivity index (χ0v) is 6.32. The summed E-state index contributed by atoms with van der Waals surface area (Å²) in [5, 5.41) is 9.80. The van der Waals surface area contributed by atoms with E-state index in [-0.39, 0.29) is 0 Å². The van der Waals surface area contributed by atoms with Gasteiger partial charge in [-0.15, -0.1) is 0 Å². The summed E-state index contributed by atoms with van der Waals surface area (Å²) >= 11 is 5.59. The first-order valence-electron chi connectivity index (χ1n) is 2.93. The van der Waals surface area contributed by atoms with Crippen LogP contribution in [0.1, 0.15) is 0 Å². The SMILES string of the molecule is O=CN(O)c1cccc(Cl)c1. The van der Waals surface area contributed by atoms with E-state index in [0.717, 1.165) is 0 Å². The Balaban J connectivity index is 2.95. The molecular weight excluding hydrogens is 166 g/mol. The van der Waals surface area contributed by atoms with Gasteiger partial charge in [0, 0.05) is 5.02 Å². The lowest BCUT2D eigenvalue weighted by Gasteiger charge is -2.07. The molecule has 1 amide bonds. The summed E-state index contributed by atoms with van der Waals surface area (Å²) in [5.41, 5.74) is 0.354. The standard InChI is InChI=1S/C7H6ClNO2/c8-6-2-1-3-7(4-6)9(11)5-10/h1-5,11H. The van der Waals surface area contributed by atoms with Crippen LogP contribution in [-0.2, 0) is 4.79 Å². The minimum Gasteiger partial charge on any atom is -0.281 e. The second-order valence-electron chi connectivity index (χ2n) is 1.93. The number of hydrogen-bond acceptors (Lipinski definition) is 2. The Kier molecular flexibility index (Phi) is 2.46. The Morgan fingerprint density at radius 2 is 2.27 bits per heavy atom. The zero-order chi connectivity index (χ0) is 8.27. The maximum absolute atomic E-state index is 10.0. The van der Waals surface area contributed by atoms with E-state index < -0.39 is 0 Å². The van der Waals surface area contributed by atoms with E-state index in [4.69, 9.17) is 16.8 Å². The van der Waals surface area contributed by atoms with Gasteiger partial charge in [0.15, 0.2) is 0 Å². The molecule has 0 heterocycles. The molecule has 3 nitrogen and oxygen atoms in total. The lowest BCUT2D eigenvalue weighted by atomic mass is 10.3. The van der Waals surface area contributed by atoms with Crippen molar-refractivity contribution < 1.29 is 10.0 Å². The molecule has 1 aromatic rings. The number of hydroxylamine groups is 1. The van der Waals surface area contributed by atoms with Crippen LogP contribution in [0.2, 0.25) is 5.02 Å². The van der Waals surface area contributed by atoms with E-state index in [0.29, 0.717) is 22.2 Å². The molecule has 0 aliphatic carbocycles.